The van der Waals surface area contributed by atoms with Crippen molar-refractivity contribution < 1.29 is 22.4 Å². The molecule has 1 fully saturated rings. The van der Waals surface area contributed by atoms with Crippen molar-refractivity contribution >= 4 is 27.7 Å². The van der Waals surface area contributed by atoms with Crippen molar-refractivity contribution in [1.29, 1.82) is 0 Å². The molecule has 0 saturated carbocycles. The van der Waals surface area contributed by atoms with E-state index in [1.54, 1.807) is 20.0 Å². The van der Waals surface area contributed by atoms with Crippen molar-refractivity contribution in [2.75, 3.05) is 43.4 Å². The predicted octanol–water partition coefficient (Wildman–Crippen LogP) is 1.24. The first-order valence-corrected chi connectivity index (χ1v) is 12.8. The molecule has 1 atom stereocenters. The summed E-state index contributed by atoms with van der Waals surface area (Å²) in [5.41, 5.74) is 0.229. The Bertz CT molecular complexity index is 1070. The van der Waals surface area contributed by atoms with Crippen LogP contribution < -0.4 is 15.5 Å². The van der Waals surface area contributed by atoms with Crippen molar-refractivity contribution in [3.05, 3.63) is 60.0 Å². The molecule has 2 amide bonds. The van der Waals surface area contributed by atoms with E-state index in [0.717, 1.165) is 5.82 Å². The summed E-state index contributed by atoms with van der Waals surface area (Å²) in [5, 5.41) is 5.26. The van der Waals surface area contributed by atoms with Crippen LogP contribution >= 0.6 is 0 Å². The van der Waals surface area contributed by atoms with Gasteiger partial charge in [0.1, 0.15) is 17.7 Å². The van der Waals surface area contributed by atoms with Crippen LogP contribution in [0.2, 0.25) is 0 Å². The monoisotopic (exact) mass is 491 g/mol. The van der Waals surface area contributed by atoms with Gasteiger partial charge in [0, 0.05) is 44.5 Å². The van der Waals surface area contributed by atoms with E-state index in [-0.39, 0.29) is 23.8 Å². The molecule has 3 rings (SSSR count). The number of sulfonamides is 1. The van der Waals surface area contributed by atoms with E-state index in [4.69, 9.17) is 0 Å². The molecule has 0 bridgehead atoms. The fourth-order valence-electron chi connectivity index (χ4n) is 3.64. The topological polar surface area (TPSA) is 112 Å². The quantitative estimate of drug-likeness (QED) is 0.546. The highest BCUT2D eigenvalue weighted by Gasteiger charge is 2.29. The van der Waals surface area contributed by atoms with Gasteiger partial charge in [-0.2, -0.15) is 4.31 Å². The first kappa shape index (κ1) is 25.6. The Morgan fingerprint density at radius 3 is 2.32 bits per heavy atom. The molecule has 1 saturated heterocycles. The van der Waals surface area contributed by atoms with E-state index in [0.29, 0.717) is 26.2 Å². The summed E-state index contributed by atoms with van der Waals surface area (Å²) in [5.74, 6) is -1.10. The number of rotatable bonds is 9. The number of carbonyl (C=O) groups is 2. The van der Waals surface area contributed by atoms with Gasteiger partial charge in [-0.05, 0) is 42.3 Å². The number of anilines is 1. The molecule has 0 radical (unpaired) electrons. The Morgan fingerprint density at radius 1 is 1.06 bits per heavy atom. The van der Waals surface area contributed by atoms with Crippen molar-refractivity contribution in [2.24, 2.45) is 5.92 Å². The predicted molar refractivity (Wildman–Crippen MR) is 127 cm³/mol. The van der Waals surface area contributed by atoms with Gasteiger partial charge in [-0.1, -0.05) is 19.9 Å². The average Bonchev–Trinajstić information content (AvgIpc) is 2.83. The number of amides is 2. The summed E-state index contributed by atoms with van der Waals surface area (Å²) in [6.45, 7) is 5.22. The Balaban J connectivity index is 1.49. The molecule has 1 unspecified atom stereocenters. The maximum atomic E-state index is 13.1. The van der Waals surface area contributed by atoms with Crippen LogP contribution in [0, 0.1) is 11.7 Å². The Morgan fingerprint density at radius 2 is 1.74 bits per heavy atom. The van der Waals surface area contributed by atoms with Gasteiger partial charge >= 0.3 is 0 Å². The molecule has 2 heterocycles. The fourth-order valence-corrected chi connectivity index (χ4v) is 4.98. The molecule has 1 aromatic carbocycles. The van der Waals surface area contributed by atoms with Crippen LogP contribution in [0.5, 0.6) is 0 Å². The minimum absolute atomic E-state index is 0.0722. The second kappa shape index (κ2) is 11.4. The SMILES string of the molecule is CC(C)C(NC(=O)c1ccc(F)cc1)C(=O)NCCS(=O)(=O)N1CCN(c2ccccn2)CC1. The lowest BCUT2D eigenvalue weighted by atomic mass is 10.0. The molecule has 11 heteroatoms. The van der Waals surface area contributed by atoms with E-state index in [1.807, 2.05) is 23.1 Å². The highest BCUT2D eigenvalue weighted by atomic mass is 32.2. The molecule has 9 nitrogen and oxygen atoms in total. The number of nitrogens with zero attached hydrogens (tertiary/aromatic N) is 3. The van der Waals surface area contributed by atoms with Crippen molar-refractivity contribution in [3.63, 3.8) is 0 Å². The maximum absolute atomic E-state index is 13.1. The molecule has 34 heavy (non-hydrogen) atoms. The summed E-state index contributed by atoms with van der Waals surface area (Å²) in [6, 6.07) is 9.75. The minimum Gasteiger partial charge on any atom is -0.354 e. The van der Waals surface area contributed by atoms with Crippen LogP contribution in [-0.4, -0.2) is 74.0 Å². The third-order valence-electron chi connectivity index (χ3n) is 5.61. The van der Waals surface area contributed by atoms with Gasteiger partial charge in [0.05, 0.1) is 5.75 Å². The van der Waals surface area contributed by atoms with Crippen LogP contribution in [0.3, 0.4) is 0 Å². The molecule has 0 aliphatic carbocycles. The van der Waals surface area contributed by atoms with Gasteiger partial charge in [0.2, 0.25) is 15.9 Å². The van der Waals surface area contributed by atoms with Crippen LogP contribution in [0.25, 0.3) is 0 Å². The largest absolute Gasteiger partial charge is 0.354 e. The van der Waals surface area contributed by atoms with E-state index in [1.165, 1.54) is 28.6 Å². The summed E-state index contributed by atoms with van der Waals surface area (Å²) >= 11 is 0. The highest BCUT2D eigenvalue weighted by molar-refractivity contribution is 7.89. The van der Waals surface area contributed by atoms with Gasteiger partial charge in [0.15, 0.2) is 0 Å². The molecule has 1 aromatic heterocycles. The molecule has 2 N–H and O–H groups in total. The third kappa shape index (κ3) is 6.73. The number of piperazine rings is 1. The first-order valence-electron chi connectivity index (χ1n) is 11.2. The third-order valence-corrected chi connectivity index (χ3v) is 7.48. The van der Waals surface area contributed by atoms with Crippen LogP contribution in [0.15, 0.2) is 48.7 Å². The zero-order valence-corrected chi connectivity index (χ0v) is 20.1. The van der Waals surface area contributed by atoms with E-state index in [9.17, 15) is 22.4 Å². The van der Waals surface area contributed by atoms with Gasteiger partial charge < -0.3 is 15.5 Å². The normalized spacial score (nSPS) is 15.7. The summed E-state index contributed by atoms with van der Waals surface area (Å²) in [6.07, 6.45) is 1.70. The van der Waals surface area contributed by atoms with Gasteiger partial charge in [-0.25, -0.2) is 17.8 Å². The molecule has 1 aliphatic rings. The summed E-state index contributed by atoms with van der Waals surface area (Å²) in [4.78, 5) is 31.4. The Labute approximate surface area is 199 Å². The standard InChI is InChI=1S/C23H30FN5O4S/c1-17(2)21(27-22(30)18-6-8-19(24)9-7-18)23(31)26-11-16-34(32,33)29-14-12-28(13-15-29)20-5-3-4-10-25-20/h3-10,17,21H,11-16H2,1-2H3,(H,26,31)(H,27,30). The number of halogens is 1. The lowest BCUT2D eigenvalue weighted by molar-refractivity contribution is -0.123. The summed E-state index contributed by atoms with van der Waals surface area (Å²) < 4.78 is 40.0. The lowest BCUT2D eigenvalue weighted by Gasteiger charge is -2.34. The number of benzene rings is 1. The van der Waals surface area contributed by atoms with Gasteiger partial charge in [0.25, 0.3) is 5.91 Å². The van der Waals surface area contributed by atoms with Crippen molar-refractivity contribution in [2.45, 2.75) is 19.9 Å². The van der Waals surface area contributed by atoms with E-state index >= 15 is 0 Å². The highest BCUT2D eigenvalue weighted by Crippen LogP contribution is 2.15. The maximum Gasteiger partial charge on any atom is 0.251 e. The molecule has 2 aromatic rings. The smallest absolute Gasteiger partial charge is 0.251 e. The fraction of sp³-hybridized carbons (Fsp3) is 0.435. The van der Waals surface area contributed by atoms with Crippen molar-refractivity contribution in [1.82, 2.24) is 19.9 Å². The average molecular weight is 492 g/mol. The zero-order chi connectivity index (χ0) is 24.7. The van der Waals surface area contributed by atoms with Crippen LogP contribution in [-0.2, 0) is 14.8 Å². The molecular weight excluding hydrogens is 461 g/mol. The number of nitrogens with one attached hydrogen (secondary N) is 2. The zero-order valence-electron chi connectivity index (χ0n) is 19.3. The molecule has 184 valence electrons. The van der Waals surface area contributed by atoms with E-state index < -0.39 is 33.7 Å². The number of hydrogen-bond acceptors (Lipinski definition) is 6. The van der Waals surface area contributed by atoms with Crippen LogP contribution in [0.4, 0.5) is 10.2 Å². The van der Waals surface area contributed by atoms with Gasteiger partial charge in [-0.3, -0.25) is 9.59 Å². The second-order valence-corrected chi connectivity index (χ2v) is 10.5. The minimum atomic E-state index is -3.55. The lowest BCUT2D eigenvalue weighted by Crippen LogP contribution is -2.52. The van der Waals surface area contributed by atoms with Gasteiger partial charge in [-0.15, -0.1) is 0 Å². The van der Waals surface area contributed by atoms with E-state index in [2.05, 4.69) is 15.6 Å². The molecule has 1 aliphatic heterocycles. The molecule has 0 spiro atoms. The summed E-state index contributed by atoms with van der Waals surface area (Å²) in [7, 11) is -3.55. The second-order valence-electron chi connectivity index (χ2n) is 8.38. The molecular formula is C23H30FN5O4S. The number of pyridine rings is 1. The van der Waals surface area contributed by atoms with Crippen LogP contribution in [0.1, 0.15) is 24.2 Å². The first-order chi connectivity index (χ1) is 16.2. The van der Waals surface area contributed by atoms with Crippen molar-refractivity contribution in [3.8, 4) is 0 Å². The Kier molecular flexibility index (Phi) is 8.56. The number of aromatic nitrogens is 1. The Hall–Kier alpha value is -3.05. The number of hydrogen-bond donors (Lipinski definition) is 2. The number of carbonyl (C=O) groups excluding carboxylic acids is 2.